The minimum absolute atomic E-state index is 0.0186. The number of hydrogen-bond acceptors (Lipinski definition) is 8. The van der Waals surface area contributed by atoms with Gasteiger partial charge in [0.05, 0.1) is 5.39 Å². The number of carbonyl (C=O) groups is 2. The van der Waals surface area contributed by atoms with Crippen molar-refractivity contribution in [2.45, 2.75) is 6.92 Å². The fourth-order valence-corrected chi connectivity index (χ4v) is 2.17. The Morgan fingerprint density at radius 2 is 1.81 bits per heavy atom. The molecule has 1 aromatic carbocycles. The van der Waals surface area contributed by atoms with Crippen LogP contribution in [-0.4, -0.2) is 26.9 Å². The van der Waals surface area contributed by atoms with Crippen LogP contribution in [0, 0.1) is 5.82 Å². The number of esters is 1. The Morgan fingerprint density at radius 3 is 2.42 bits per heavy atom. The number of carbonyl (C=O) groups excluding carboxylic acids is 2. The van der Waals surface area contributed by atoms with Crippen molar-refractivity contribution in [3.63, 3.8) is 0 Å². The van der Waals surface area contributed by atoms with Gasteiger partial charge in [-0.05, 0) is 12.1 Å². The van der Waals surface area contributed by atoms with Gasteiger partial charge in [-0.2, -0.15) is 0 Å². The second-order valence-corrected chi connectivity index (χ2v) is 5.05. The van der Waals surface area contributed by atoms with E-state index in [1.807, 2.05) is 0 Å². The molecule has 0 radical (unpaired) electrons. The molecular formula is C16H10FNO8. The lowest BCUT2D eigenvalue weighted by atomic mass is 10.1. The van der Waals surface area contributed by atoms with Crippen LogP contribution in [0.2, 0.25) is 0 Å². The standard InChI is InChI=1S/C16H10FNO8/c1-7(19)24-8-2-3-9-10(6-8)25-15(22)13(14(9)17)16(23)26-18-11(20)4-5-12(18)21/h2-6,20-21H,1H3. The Morgan fingerprint density at radius 1 is 1.15 bits per heavy atom. The first-order chi connectivity index (χ1) is 12.3. The number of halogens is 1. The summed E-state index contributed by atoms with van der Waals surface area (Å²) in [5.41, 5.74) is -2.68. The molecule has 26 heavy (non-hydrogen) atoms. The lowest BCUT2D eigenvalue weighted by Crippen LogP contribution is -2.26. The van der Waals surface area contributed by atoms with Crippen LogP contribution in [0.15, 0.2) is 39.5 Å². The summed E-state index contributed by atoms with van der Waals surface area (Å²) in [4.78, 5) is 39.6. The minimum atomic E-state index is -1.50. The zero-order chi connectivity index (χ0) is 19.0. The van der Waals surface area contributed by atoms with E-state index in [1.54, 1.807) is 0 Å². The summed E-state index contributed by atoms with van der Waals surface area (Å²) < 4.78 is 24.6. The molecule has 0 aliphatic carbocycles. The summed E-state index contributed by atoms with van der Waals surface area (Å²) in [5, 5.41) is 18.6. The third-order valence-corrected chi connectivity index (χ3v) is 3.25. The van der Waals surface area contributed by atoms with Crippen molar-refractivity contribution >= 4 is 22.9 Å². The zero-order valence-electron chi connectivity index (χ0n) is 13.1. The van der Waals surface area contributed by atoms with Gasteiger partial charge in [-0.15, -0.1) is 4.73 Å². The van der Waals surface area contributed by atoms with E-state index >= 15 is 0 Å². The maximum atomic E-state index is 14.6. The lowest BCUT2D eigenvalue weighted by Gasteiger charge is -2.08. The minimum Gasteiger partial charge on any atom is -0.492 e. The largest absolute Gasteiger partial charge is 0.492 e. The Hall–Kier alpha value is -3.82. The van der Waals surface area contributed by atoms with Gasteiger partial charge in [0.1, 0.15) is 11.3 Å². The highest BCUT2D eigenvalue weighted by Gasteiger charge is 2.25. The Labute approximate surface area is 143 Å². The maximum Gasteiger partial charge on any atom is 0.374 e. The van der Waals surface area contributed by atoms with E-state index in [0.29, 0.717) is 4.73 Å². The van der Waals surface area contributed by atoms with Crippen LogP contribution in [-0.2, 0) is 4.79 Å². The number of hydrogen-bond donors (Lipinski definition) is 2. The molecule has 0 saturated carbocycles. The number of ether oxygens (including phenoxy) is 1. The van der Waals surface area contributed by atoms with E-state index in [-0.39, 0.29) is 16.7 Å². The molecule has 10 heteroatoms. The number of rotatable bonds is 3. The van der Waals surface area contributed by atoms with E-state index < -0.39 is 40.7 Å². The van der Waals surface area contributed by atoms with Gasteiger partial charge in [-0.3, -0.25) is 4.79 Å². The van der Waals surface area contributed by atoms with Crippen molar-refractivity contribution in [3.8, 4) is 17.5 Å². The second kappa shape index (κ2) is 6.24. The van der Waals surface area contributed by atoms with Crippen molar-refractivity contribution in [1.29, 1.82) is 0 Å². The quantitative estimate of drug-likeness (QED) is 0.405. The molecule has 0 fully saturated rings. The van der Waals surface area contributed by atoms with Gasteiger partial charge < -0.3 is 24.2 Å². The lowest BCUT2D eigenvalue weighted by molar-refractivity contribution is -0.131. The summed E-state index contributed by atoms with van der Waals surface area (Å²) >= 11 is 0. The number of aromatic hydroxyl groups is 2. The molecule has 2 N–H and O–H groups in total. The Balaban J connectivity index is 2.05. The normalized spacial score (nSPS) is 10.7. The van der Waals surface area contributed by atoms with Gasteiger partial charge in [-0.1, -0.05) is 0 Å². The summed E-state index contributed by atoms with van der Waals surface area (Å²) in [6.45, 7) is 1.16. The topological polar surface area (TPSA) is 128 Å². The van der Waals surface area contributed by atoms with Crippen LogP contribution in [0.1, 0.15) is 17.3 Å². The molecule has 0 bridgehead atoms. The number of nitrogens with zero attached hydrogens (tertiary/aromatic N) is 1. The van der Waals surface area contributed by atoms with E-state index in [2.05, 4.69) is 4.84 Å². The van der Waals surface area contributed by atoms with E-state index in [4.69, 9.17) is 9.15 Å². The van der Waals surface area contributed by atoms with Gasteiger partial charge in [-0.25, -0.2) is 14.0 Å². The molecule has 9 nitrogen and oxygen atoms in total. The van der Waals surface area contributed by atoms with Crippen LogP contribution in [0.25, 0.3) is 11.0 Å². The second-order valence-electron chi connectivity index (χ2n) is 5.05. The molecule has 2 aromatic heterocycles. The first-order valence-electron chi connectivity index (χ1n) is 7.05. The molecule has 0 aliphatic heterocycles. The fraction of sp³-hybridized carbons (Fsp3) is 0.0625. The smallest absolute Gasteiger partial charge is 0.374 e. The van der Waals surface area contributed by atoms with Crippen LogP contribution >= 0.6 is 0 Å². The van der Waals surface area contributed by atoms with Crippen LogP contribution < -0.4 is 15.2 Å². The molecule has 134 valence electrons. The van der Waals surface area contributed by atoms with Crippen molar-refractivity contribution in [3.05, 3.63) is 52.1 Å². The molecule has 0 saturated heterocycles. The van der Waals surface area contributed by atoms with E-state index in [9.17, 15) is 29.0 Å². The average molecular weight is 363 g/mol. The first kappa shape index (κ1) is 17.0. The van der Waals surface area contributed by atoms with Gasteiger partial charge in [0.25, 0.3) is 0 Å². The van der Waals surface area contributed by atoms with E-state index in [0.717, 1.165) is 31.2 Å². The fourth-order valence-electron chi connectivity index (χ4n) is 2.17. The van der Waals surface area contributed by atoms with Crippen molar-refractivity contribution < 1.29 is 38.2 Å². The molecular weight excluding hydrogens is 353 g/mol. The molecule has 3 aromatic rings. The summed E-state index contributed by atoms with van der Waals surface area (Å²) in [5.74, 6) is -4.63. The molecule has 3 rings (SSSR count). The van der Waals surface area contributed by atoms with Crippen molar-refractivity contribution in [2.75, 3.05) is 0 Å². The molecule has 0 aliphatic rings. The molecule has 0 spiro atoms. The third kappa shape index (κ3) is 2.95. The van der Waals surface area contributed by atoms with Gasteiger partial charge in [0.2, 0.25) is 11.8 Å². The average Bonchev–Trinajstić information content (AvgIpc) is 2.86. The predicted molar refractivity (Wildman–Crippen MR) is 82.4 cm³/mol. The van der Waals surface area contributed by atoms with Gasteiger partial charge in [0, 0.05) is 25.1 Å². The highest BCUT2D eigenvalue weighted by molar-refractivity contribution is 5.94. The molecule has 0 amide bonds. The summed E-state index contributed by atoms with van der Waals surface area (Å²) in [6.07, 6.45) is 0. The van der Waals surface area contributed by atoms with Gasteiger partial charge >= 0.3 is 17.6 Å². The zero-order valence-corrected chi connectivity index (χ0v) is 13.1. The number of aromatic nitrogens is 1. The van der Waals surface area contributed by atoms with Crippen LogP contribution in [0.4, 0.5) is 4.39 Å². The van der Waals surface area contributed by atoms with Crippen LogP contribution in [0.3, 0.4) is 0 Å². The molecule has 0 unspecified atom stereocenters. The summed E-state index contributed by atoms with van der Waals surface area (Å²) in [7, 11) is 0. The summed E-state index contributed by atoms with van der Waals surface area (Å²) in [6, 6.07) is 5.52. The highest BCUT2D eigenvalue weighted by Crippen LogP contribution is 2.25. The number of fused-ring (bicyclic) bond motifs is 1. The predicted octanol–water partition coefficient (Wildman–Crippen LogP) is 1.34. The Kier molecular flexibility index (Phi) is 4.08. The molecule has 2 heterocycles. The first-order valence-corrected chi connectivity index (χ1v) is 7.05. The maximum absolute atomic E-state index is 14.6. The van der Waals surface area contributed by atoms with Crippen molar-refractivity contribution in [2.24, 2.45) is 0 Å². The van der Waals surface area contributed by atoms with Crippen LogP contribution in [0.5, 0.6) is 17.5 Å². The Bertz CT molecular complexity index is 1080. The van der Waals surface area contributed by atoms with Gasteiger partial charge in [0.15, 0.2) is 11.4 Å². The number of benzene rings is 1. The van der Waals surface area contributed by atoms with E-state index in [1.165, 1.54) is 6.07 Å². The monoisotopic (exact) mass is 363 g/mol. The molecule has 0 atom stereocenters. The SMILES string of the molecule is CC(=O)Oc1ccc2c(F)c(C(=O)On3c(O)ccc3O)c(=O)oc2c1. The third-order valence-electron chi connectivity index (χ3n) is 3.25. The highest BCUT2D eigenvalue weighted by atomic mass is 19.1. The van der Waals surface area contributed by atoms with Crippen molar-refractivity contribution in [1.82, 2.24) is 4.73 Å².